The summed E-state index contributed by atoms with van der Waals surface area (Å²) in [4.78, 5) is 42.1. The summed E-state index contributed by atoms with van der Waals surface area (Å²) in [5.41, 5.74) is 1.46. The molecule has 0 aliphatic carbocycles. The van der Waals surface area contributed by atoms with Gasteiger partial charge in [-0.1, -0.05) is 37.3 Å². The Hall–Kier alpha value is -2.83. The lowest BCUT2D eigenvalue weighted by atomic mass is 10.0. The highest BCUT2D eigenvalue weighted by Crippen LogP contribution is 2.34. The Labute approximate surface area is 153 Å². The van der Waals surface area contributed by atoms with Gasteiger partial charge in [0.05, 0.1) is 5.92 Å². The number of hydrogen-bond donors (Lipinski definition) is 1. The van der Waals surface area contributed by atoms with Crippen molar-refractivity contribution in [1.82, 2.24) is 20.0 Å². The molecule has 7 nitrogen and oxygen atoms in total. The van der Waals surface area contributed by atoms with Crippen LogP contribution in [-0.2, 0) is 16.1 Å². The minimum Gasteiger partial charge on any atom is -0.347 e. The molecule has 2 heterocycles. The van der Waals surface area contributed by atoms with Crippen molar-refractivity contribution in [2.45, 2.75) is 26.1 Å². The summed E-state index contributed by atoms with van der Waals surface area (Å²) in [6.07, 6.45) is 2.06. The molecule has 2 aliphatic heterocycles. The highest BCUT2D eigenvalue weighted by molar-refractivity contribution is 6.02. The van der Waals surface area contributed by atoms with Gasteiger partial charge in [-0.2, -0.15) is 0 Å². The zero-order valence-electron chi connectivity index (χ0n) is 15.3. The lowest BCUT2D eigenvalue weighted by Crippen LogP contribution is -2.62. The highest BCUT2D eigenvalue weighted by atomic mass is 16.2. The third kappa shape index (κ3) is 3.05. The highest BCUT2D eigenvalue weighted by Gasteiger charge is 2.50. The molecule has 0 aromatic heterocycles. The normalized spacial score (nSPS) is 22.4. The summed E-state index contributed by atoms with van der Waals surface area (Å²) in [6, 6.07) is 9.30. The zero-order valence-corrected chi connectivity index (χ0v) is 15.3. The van der Waals surface area contributed by atoms with E-state index in [0.29, 0.717) is 18.8 Å². The Kier molecular flexibility index (Phi) is 4.97. The van der Waals surface area contributed by atoms with Crippen molar-refractivity contribution in [3.63, 3.8) is 0 Å². The van der Waals surface area contributed by atoms with Gasteiger partial charge < -0.3 is 15.1 Å². The molecule has 2 unspecified atom stereocenters. The first kappa shape index (κ1) is 18.0. The van der Waals surface area contributed by atoms with Crippen LogP contribution in [0.2, 0.25) is 0 Å². The number of benzene rings is 1. The molecule has 26 heavy (non-hydrogen) atoms. The van der Waals surface area contributed by atoms with Crippen molar-refractivity contribution in [1.29, 1.82) is 0 Å². The van der Waals surface area contributed by atoms with Gasteiger partial charge in [-0.25, -0.2) is 4.79 Å². The van der Waals surface area contributed by atoms with Crippen LogP contribution in [0, 0.1) is 5.92 Å². The van der Waals surface area contributed by atoms with Crippen molar-refractivity contribution in [3.8, 4) is 0 Å². The summed E-state index contributed by atoms with van der Waals surface area (Å²) < 4.78 is 0. The number of urea groups is 1. The summed E-state index contributed by atoms with van der Waals surface area (Å²) in [6.45, 7) is 3.01. The first-order valence-corrected chi connectivity index (χ1v) is 8.80. The van der Waals surface area contributed by atoms with E-state index in [1.807, 2.05) is 42.2 Å². The predicted octanol–water partition coefficient (Wildman–Crippen LogP) is 1.38. The second-order valence-electron chi connectivity index (χ2n) is 6.64. The standard InChI is InChI=1S/C19H24N4O3/c1-4-10-23-15(16(24)20-12-13-8-6-5-7-9-13)11-14-17(23)21(2)19(26)22(3)18(14)25/h5-9,11,14,17H,4,10,12H2,1-3H3,(H,20,24). The van der Waals surface area contributed by atoms with Crippen molar-refractivity contribution in [2.75, 3.05) is 20.6 Å². The van der Waals surface area contributed by atoms with Crippen LogP contribution in [0.15, 0.2) is 42.1 Å². The fourth-order valence-electron chi connectivity index (χ4n) is 3.57. The van der Waals surface area contributed by atoms with Crippen LogP contribution in [0.25, 0.3) is 0 Å². The summed E-state index contributed by atoms with van der Waals surface area (Å²) in [5, 5.41) is 2.91. The lowest BCUT2D eigenvalue weighted by Gasteiger charge is -2.43. The Bertz CT molecular complexity index is 746. The van der Waals surface area contributed by atoms with E-state index in [-0.39, 0.29) is 17.8 Å². The van der Waals surface area contributed by atoms with Crippen LogP contribution in [0.3, 0.4) is 0 Å². The molecule has 3 rings (SSSR count). The first-order valence-electron chi connectivity index (χ1n) is 8.80. The van der Waals surface area contributed by atoms with Gasteiger partial charge in [-0.3, -0.25) is 14.5 Å². The maximum Gasteiger partial charge on any atom is 0.327 e. The average molecular weight is 356 g/mol. The van der Waals surface area contributed by atoms with E-state index in [4.69, 9.17) is 0 Å². The monoisotopic (exact) mass is 356 g/mol. The Balaban J connectivity index is 1.82. The largest absolute Gasteiger partial charge is 0.347 e. The molecule has 2 aliphatic rings. The Morgan fingerprint density at radius 1 is 1.15 bits per heavy atom. The van der Waals surface area contributed by atoms with Gasteiger partial charge >= 0.3 is 6.03 Å². The number of nitrogens with one attached hydrogen (secondary N) is 1. The Morgan fingerprint density at radius 2 is 1.85 bits per heavy atom. The van der Waals surface area contributed by atoms with Crippen molar-refractivity contribution in [2.24, 2.45) is 5.92 Å². The van der Waals surface area contributed by atoms with E-state index >= 15 is 0 Å². The SMILES string of the molecule is CCCN1C(C(=O)NCc2ccccc2)=CC2C(=O)N(C)C(=O)N(C)C21. The topological polar surface area (TPSA) is 73.0 Å². The molecule has 0 bridgehead atoms. The lowest BCUT2D eigenvalue weighted by molar-refractivity contribution is -0.137. The smallest absolute Gasteiger partial charge is 0.327 e. The van der Waals surface area contributed by atoms with Gasteiger partial charge in [-0.15, -0.1) is 0 Å². The number of carbonyl (C=O) groups excluding carboxylic acids is 3. The van der Waals surface area contributed by atoms with Gasteiger partial charge in [0.2, 0.25) is 5.91 Å². The van der Waals surface area contributed by atoms with Crippen molar-refractivity contribution >= 4 is 17.8 Å². The van der Waals surface area contributed by atoms with Crippen LogP contribution in [0.5, 0.6) is 0 Å². The molecule has 0 radical (unpaired) electrons. The Morgan fingerprint density at radius 3 is 2.50 bits per heavy atom. The van der Waals surface area contributed by atoms with Crippen LogP contribution in [-0.4, -0.2) is 59.4 Å². The zero-order chi connectivity index (χ0) is 18.8. The number of amides is 4. The maximum atomic E-state index is 12.8. The van der Waals surface area contributed by atoms with Crippen molar-refractivity contribution in [3.05, 3.63) is 47.7 Å². The number of nitrogens with zero attached hydrogens (tertiary/aromatic N) is 3. The van der Waals surface area contributed by atoms with Crippen molar-refractivity contribution < 1.29 is 14.4 Å². The molecule has 2 atom stereocenters. The first-order chi connectivity index (χ1) is 12.5. The molecular weight excluding hydrogens is 332 g/mol. The minimum absolute atomic E-state index is 0.229. The van der Waals surface area contributed by atoms with E-state index in [1.165, 1.54) is 11.9 Å². The third-order valence-electron chi connectivity index (χ3n) is 4.88. The van der Waals surface area contributed by atoms with Gasteiger partial charge in [0, 0.05) is 27.2 Å². The number of carbonyl (C=O) groups is 3. The number of fused-ring (bicyclic) bond motifs is 1. The van der Waals surface area contributed by atoms with E-state index in [0.717, 1.165) is 16.9 Å². The van der Waals surface area contributed by atoms with E-state index < -0.39 is 12.1 Å². The third-order valence-corrected chi connectivity index (χ3v) is 4.88. The summed E-state index contributed by atoms with van der Waals surface area (Å²) >= 11 is 0. The summed E-state index contributed by atoms with van der Waals surface area (Å²) in [7, 11) is 3.15. The molecule has 1 aromatic rings. The average Bonchev–Trinajstić information content (AvgIpc) is 3.03. The maximum absolute atomic E-state index is 12.8. The molecule has 0 spiro atoms. The number of rotatable bonds is 5. The molecule has 1 N–H and O–H groups in total. The van der Waals surface area contributed by atoms with Gasteiger partial charge in [-0.05, 0) is 18.1 Å². The number of imide groups is 1. The number of hydrogen-bond acceptors (Lipinski definition) is 4. The summed E-state index contributed by atoms with van der Waals surface area (Å²) in [5.74, 6) is -1.02. The van der Waals surface area contributed by atoms with Gasteiger partial charge in [0.1, 0.15) is 11.9 Å². The molecular formula is C19H24N4O3. The molecule has 1 aromatic carbocycles. The quantitative estimate of drug-likeness (QED) is 0.865. The van der Waals surface area contributed by atoms with Gasteiger partial charge in [0.15, 0.2) is 0 Å². The van der Waals surface area contributed by atoms with Crippen LogP contribution >= 0.6 is 0 Å². The fourth-order valence-corrected chi connectivity index (χ4v) is 3.57. The minimum atomic E-state index is -0.522. The molecule has 0 saturated carbocycles. The molecule has 1 fully saturated rings. The molecule has 138 valence electrons. The fraction of sp³-hybridized carbons (Fsp3) is 0.421. The molecule has 7 heteroatoms. The second kappa shape index (κ2) is 7.19. The van der Waals surface area contributed by atoms with Gasteiger partial charge in [0.25, 0.3) is 5.91 Å². The van der Waals surface area contributed by atoms with Crippen LogP contribution < -0.4 is 5.32 Å². The van der Waals surface area contributed by atoms with E-state index in [2.05, 4.69) is 5.32 Å². The van der Waals surface area contributed by atoms with Crippen LogP contribution in [0.4, 0.5) is 4.79 Å². The molecule has 1 saturated heterocycles. The van der Waals surface area contributed by atoms with E-state index in [1.54, 1.807) is 13.1 Å². The van der Waals surface area contributed by atoms with Crippen LogP contribution in [0.1, 0.15) is 18.9 Å². The predicted molar refractivity (Wildman–Crippen MR) is 96.6 cm³/mol. The molecule has 4 amide bonds. The second-order valence-corrected chi connectivity index (χ2v) is 6.64. The van der Waals surface area contributed by atoms with E-state index in [9.17, 15) is 14.4 Å².